The first kappa shape index (κ1) is 16.3. The number of aliphatic hydroxyl groups excluding tert-OH is 1. The standard InChI is InChI=1S/C10H12FN2O6PS/c1-4(14)7-8(19-20(17)21)6(11)9(18-7)13-3-2-5(15)12-10(13)16/h2-4,6-9,14H,1H3,(H-,12,15,16,17,21)/p+1/t4-,6?,7?,8?,9?/m1/s1. The van der Waals surface area contributed by atoms with Crippen molar-refractivity contribution in [2.24, 2.45) is 0 Å². The first-order valence-electron chi connectivity index (χ1n) is 5.93. The summed E-state index contributed by atoms with van der Waals surface area (Å²) in [6, 6.07) is 1.03. The van der Waals surface area contributed by atoms with Gasteiger partial charge in [0.05, 0.1) is 6.10 Å². The zero-order chi connectivity index (χ0) is 15.7. The number of halogens is 1. The zero-order valence-electron chi connectivity index (χ0n) is 10.7. The van der Waals surface area contributed by atoms with Crippen molar-refractivity contribution in [1.82, 2.24) is 9.55 Å². The molecule has 6 atom stereocenters. The third-order valence-electron chi connectivity index (χ3n) is 3.02. The van der Waals surface area contributed by atoms with Gasteiger partial charge in [-0.2, -0.15) is 0 Å². The van der Waals surface area contributed by atoms with Gasteiger partial charge in [-0.1, -0.05) is 0 Å². The van der Waals surface area contributed by atoms with E-state index in [1.165, 1.54) is 6.92 Å². The number of nitrogens with one attached hydrogen (secondary N) is 1. The first-order chi connectivity index (χ1) is 9.81. The number of hydrogen-bond donors (Lipinski definition) is 3. The van der Waals surface area contributed by atoms with Crippen molar-refractivity contribution in [3.8, 4) is 0 Å². The van der Waals surface area contributed by atoms with Crippen LogP contribution in [0.25, 0.3) is 0 Å². The van der Waals surface area contributed by atoms with Crippen LogP contribution in [0.1, 0.15) is 13.2 Å². The summed E-state index contributed by atoms with van der Waals surface area (Å²) in [6.07, 6.45) is -5.83. The quantitative estimate of drug-likeness (QED) is 0.531. The van der Waals surface area contributed by atoms with Crippen LogP contribution in [-0.2, 0) is 13.8 Å². The molecular weight excluding hydrogens is 326 g/mol. The summed E-state index contributed by atoms with van der Waals surface area (Å²) in [6.45, 7) is 1.34. The molecule has 11 heteroatoms. The van der Waals surface area contributed by atoms with Gasteiger partial charge >= 0.3 is 12.9 Å². The number of ether oxygens (including phenoxy) is 1. The van der Waals surface area contributed by atoms with E-state index in [1.807, 2.05) is 4.98 Å². The Kier molecular flexibility index (Phi) is 4.95. The first-order valence-corrected chi connectivity index (χ1v) is 8.26. The lowest BCUT2D eigenvalue weighted by molar-refractivity contribution is -0.0747. The minimum atomic E-state index is -2.42. The predicted octanol–water partition coefficient (Wildman–Crippen LogP) is 0.125. The van der Waals surface area contributed by atoms with Crippen LogP contribution in [0.2, 0.25) is 0 Å². The topological polar surface area (TPSA) is 111 Å². The molecule has 0 aliphatic carbocycles. The highest BCUT2D eigenvalue weighted by Gasteiger charge is 2.52. The molecule has 0 amide bonds. The fourth-order valence-corrected chi connectivity index (χ4v) is 2.89. The molecule has 1 saturated heterocycles. The van der Waals surface area contributed by atoms with Crippen LogP contribution in [-0.4, -0.2) is 39.1 Å². The average Bonchev–Trinajstić information content (AvgIpc) is 2.67. The lowest BCUT2D eigenvalue weighted by Crippen LogP contribution is -2.37. The minimum Gasteiger partial charge on any atom is -0.391 e. The Morgan fingerprint density at radius 1 is 1.62 bits per heavy atom. The summed E-state index contributed by atoms with van der Waals surface area (Å²) in [5, 5.41) is 9.59. The maximum Gasteiger partial charge on any atom is 0.582 e. The van der Waals surface area contributed by atoms with E-state index in [1.54, 1.807) is 0 Å². The Balaban J connectivity index is 2.35. The van der Waals surface area contributed by atoms with E-state index in [2.05, 4.69) is 12.2 Å². The zero-order valence-corrected chi connectivity index (χ0v) is 12.5. The largest absolute Gasteiger partial charge is 0.582 e. The Labute approximate surface area is 123 Å². The highest BCUT2D eigenvalue weighted by Crippen LogP contribution is 2.40. The number of nitrogens with zero attached hydrogens (tertiary/aromatic N) is 1. The summed E-state index contributed by atoms with van der Waals surface area (Å²) < 4.78 is 36.4. The highest BCUT2D eigenvalue weighted by molar-refractivity contribution is 8.39. The van der Waals surface area contributed by atoms with Crippen LogP contribution in [0.15, 0.2) is 21.9 Å². The molecule has 0 saturated carbocycles. The van der Waals surface area contributed by atoms with E-state index in [9.17, 15) is 23.7 Å². The van der Waals surface area contributed by atoms with Crippen molar-refractivity contribution in [3.63, 3.8) is 0 Å². The van der Waals surface area contributed by atoms with Gasteiger partial charge in [-0.15, -0.1) is 4.52 Å². The van der Waals surface area contributed by atoms with E-state index >= 15 is 0 Å². The highest BCUT2D eigenvalue weighted by atomic mass is 32.7. The van der Waals surface area contributed by atoms with E-state index in [-0.39, 0.29) is 0 Å². The molecular formula is C10H13FN2O6PS+. The van der Waals surface area contributed by atoms with Gasteiger partial charge in [0.15, 0.2) is 18.5 Å². The van der Waals surface area contributed by atoms with Gasteiger partial charge in [0.2, 0.25) is 0 Å². The molecule has 8 nitrogen and oxygen atoms in total. The van der Waals surface area contributed by atoms with Crippen molar-refractivity contribution in [1.29, 1.82) is 0 Å². The fraction of sp³-hybridized carbons (Fsp3) is 0.600. The third-order valence-corrected chi connectivity index (χ3v) is 3.73. The minimum absolute atomic E-state index is 0.636. The van der Waals surface area contributed by atoms with Crippen LogP contribution in [0.5, 0.6) is 0 Å². The molecule has 1 aromatic rings. The molecule has 5 unspecified atom stereocenters. The Bertz CT molecular complexity index is 649. The van der Waals surface area contributed by atoms with E-state index < -0.39 is 49.2 Å². The number of alkyl halides is 1. The Morgan fingerprint density at radius 2 is 2.29 bits per heavy atom. The molecule has 2 N–H and O–H groups in total. The lowest BCUT2D eigenvalue weighted by Gasteiger charge is -2.17. The molecule has 21 heavy (non-hydrogen) atoms. The maximum absolute atomic E-state index is 14.4. The Hall–Kier alpha value is -1.06. The van der Waals surface area contributed by atoms with Crippen molar-refractivity contribution in [2.75, 3.05) is 0 Å². The number of aromatic nitrogens is 2. The molecule has 116 valence electrons. The van der Waals surface area contributed by atoms with Gasteiger partial charge in [-0.05, 0) is 11.5 Å². The van der Waals surface area contributed by atoms with Crippen LogP contribution in [0.4, 0.5) is 4.39 Å². The van der Waals surface area contributed by atoms with Crippen molar-refractivity contribution in [2.45, 2.75) is 37.6 Å². The molecule has 0 radical (unpaired) electrons. The normalized spacial score (nSPS) is 31.1. The second-order valence-electron chi connectivity index (χ2n) is 4.50. The second-order valence-corrected chi connectivity index (χ2v) is 6.17. The van der Waals surface area contributed by atoms with E-state index in [0.717, 1.165) is 16.8 Å². The van der Waals surface area contributed by atoms with Crippen LogP contribution < -0.4 is 11.2 Å². The summed E-state index contributed by atoms with van der Waals surface area (Å²) in [4.78, 5) is 24.6. The molecule has 1 aliphatic rings. The lowest BCUT2D eigenvalue weighted by atomic mass is 10.1. The Morgan fingerprint density at radius 3 is 2.81 bits per heavy atom. The van der Waals surface area contributed by atoms with E-state index in [4.69, 9.17) is 9.26 Å². The van der Waals surface area contributed by atoms with Gasteiger partial charge in [0.25, 0.3) is 5.56 Å². The summed E-state index contributed by atoms with van der Waals surface area (Å²) >= 11 is 3.54. The van der Waals surface area contributed by atoms with Crippen molar-refractivity contribution < 1.29 is 23.3 Å². The van der Waals surface area contributed by atoms with Crippen molar-refractivity contribution in [3.05, 3.63) is 33.1 Å². The molecule has 0 bridgehead atoms. The average molecular weight is 339 g/mol. The summed E-state index contributed by atoms with van der Waals surface area (Å²) in [5.41, 5.74) is -1.50. The number of thiol groups is 1. The number of rotatable bonds is 4. The van der Waals surface area contributed by atoms with Gasteiger partial charge in [0.1, 0.15) is 18.4 Å². The summed E-state index contributed by atoms with van der Waals surface area (Å²) in [5.74, 6) is 0. The fourth-order valence-electron chi connectivity index (χ4n) is 2.11. The number of aliphatic hydroxyl groups is 1. The van der Waals surface area contributed by atoms with Gasteiger partial charge < -0.3 is 9.84 Å². The molecule has 0 aromatic carbocycles. The third kappa shape index (κ3) is 3.41. The molecule has 2 heterocycles. The van der Waals surface area contributed by atoms with Crippen LogP contribution in [0.3, 0.4) is 0 Å². The number of hydrogen-bond acceptors (Lipinski definition) is 6. The molecule has 2 rings (SSSR count). The molecule has 1 fully saturated rings. The second kappa shape index (κ2) is 6.37. The number of aromatic amines is 1. The van der Waals surface area contributed by atoms with E-state index in [0.29, 0.717) is 0 Å². The number of H-pyrrole nitrogens is 1. The smallest absolute Gasteiger partial charge is 0.391 e. The predicted molar refractivity (Wildman–Crippen MR) is 73.3 cm³/mol. The van der Waals surface area contributed by atoms with Gasteiger partial charge in [-0.3, -0.25) is 14.3 Å². The molecule has 1 aliphatic heterocycles. The molecule has 1 aromatic heterocycles. The monoisotopic (exact) mass is 339 g/mol. The maximum atomic E-state index is 14.4. The molecule has 0 spiro atoms. The van der Waals surface area contributed by atoms with Crippen LogP contribution in [0, 0.1) is 0 Å². The van der Waals surface area contributed by atoms with Gasteiger partial charge in [0, 0.05) is 12.3 Å². The van der Waals surface area contributed by atoms with Gasteiger partial charge in [-0.25, -0.2) is 9.18 Å². The SMILES string of the molecule is C[C@@H](O)C1OC(n2ccc(=O)[nH]c2=O)C(F)C1O[P+](=O)S. The van der Waals surface area contributed by atoms with Crippen LogP contribution >= 0.6 is 19.5 Å². The summed E-state index contributed by atoms with van der Waals surface area (Å²) in [7, 11) is -2.42. The van der Waals surface area contributed by atoms with Crippen molar-refractivity contribution >= 4 is 19.5 Å².